The first kappa shape index (κ1) is 12.9. The fourth-order valence-corrected chi connectivity index (χ4v) is 2.08. The Morgan fingerprint density at radius 1 is 1.44 bits per heavy atom. The van der Waals surface area contributed by atoms with Gasteiger partial charge in [-0.05, 0) is 43.9 Å². The maximum Gasteiger partial charge on any atom is 0.122 e. The number of nitrogens with one attached hydrogen (secondary N) is 1. The van der Waals surface area contributed by atoms with E-state index in [9.17, 15) is 0 Å². The van der Waals surface area contributed by atoms with Crippen molar-refractivity contribution in [2.24, 2.45) is 5.41 Å². The molecule has 0 saturated heterocycles. The number of rotatable bonds is 4. The quantitative estimate of drug-likeness (QED) is 0.885. The average molecular weight is 244 g/mol. The summed E-state index contributed by atoms with van der Waals surface area (Å²) in [6, 6.07) is 8.65. The molecule has 3 nitrogen and oxygen atoms in total. The molecule has 0 aliphatic carbocycles. The second-order valence-electron chi connectivity index (χ2n) is 5.49. The molecule has 0 unspecified atom stereocenters. The summed E-state index contributed by atoms with van der Waals surface area (Å²) in [6.45, 7) is 6.23. The number of aryl methyl sites for hydroxylation is 1. The molecule has 1 aromatic rings. The van der Waals surface area contributed by atoms with Crippen LogP contribution in [0.2, 0.25) is 0 Å². The molecule has 96 valence electrons. The van der Waals surface area contributed by atoms with Crippen LogP contribution in [0.15, 0.2) is 18.2 Å². The van der Waals surface area contributed by atoms with Gasteiger partial charge in [-0.2, -0.15) is 5.26 Å². The average Bonchev–Trinajstić information content (AvgIpc) is 2.38. The number of nitrogens with zero attached hydrogens (tertiary/aromatic N) is 1. The van der Waals surface area contributed by atoms with Crippen LogP contribution in [0.25, 0.3) is 0 Å². The highest BCUT2D eigenvalue weighted by Gasteiger charge is 2.16. The van der Waals surface area contributed by atoms with Gasteiger partial charge in [0.05, 0.1) is 18.1 Å². The zero-order valence-corrected chi connectivity index (χ0v) is 11.1. The van der Waals surface area contributed by atoms with Crippen molar-refractivity contribution < 1.29 is 4.74 Å². The van der Waals surface area contributed by atoms with E-state index in [0.29, 0.717) is 6.54 Å². The molecule has 1 aliphatic rings. The smallest absolute Gasteiger partial charge is 0.122 e. The molecule has 1 N–H and O–H groups in total. The molecular formula is C15H20N2O. The third-order valence-electron chi connectivity index (χ3n) is 3.17. The van der Waals surface area contributed by atoms with E-state index in [-0.39, 0.29) is 5.41 Å². The lowest BCUT2D eigenvalue weighted by molar-refractivity contribution is 0.288. The number of benzene rings is 1. The minimum atomic E-state index is -0.308. The molecular weight excluding hydrogens is 224 g/mol. The van der Waals surface area contributed by atoms with Crippen LogP contribution in [-0.4, -0.2) is 13.2 Å². The maximum atomic E-state index is 8.94. The summed E-state index contributed by atoms with van der Waals surface area (Å²) in [6.07, 6.45) is 2.21. The zero-order chi connectivity index (χ0) is 13.0. The normalized spacial score (nSPS) is 14.5. The zero-order valence-electron chi connectivity index (χ0n) is 11.1. The first-order valence-electron chi connectivity index (χ1n) is 6.47. The number of fused-ring (bicyclic) bond motifs is 1. The van der Waals surface area contributed by atoms with Gasteiger partial charge in [0.2, 0.25) is 0 Å². The standard InChI is InChI=1S/C15H20N2O/c1-15(2,10-16)11-17-9-12-5-6-14-13(8-12)4-3-7-18-14/h5-6,8,17H,3-4,7,9,11H2,1-2H3. The highest BCUT2D eigenvalue weighted by Crippen LogP contribution is 2.25. The first-order valence-corrected chi connectivity index (χ1v) is 6.47. The number of ether oxygens (including phenoxy) is 1. The predicted molar refractivity (Wildman–Crippen MR) is 71.4 cm³/mol. The lowest BCUT2D eigenvalue weighted by Gasteiger charge is -2.19. The highest BCUT2D eigenvalue weighted by atomic mass is 16.5. The van der Waals surface area contributed by atoms with Crippen LogP contribution in [0.1, 0.15) is 31.4 Å². The highest BCUT2D eigenvalue weighted by molar-refractivity contribution is 5.38. The van der Waals surface area contributed by atoms with Crippen molar-refractivity contribution >= 4 is 0 Å². The minimum Gasteiger partial charge on any atom is -0.493 e. The molecule has 1 aliphatic heterocycles. The Labute approximate surface area is 109 Å². The van der Waals surface area contributed by atoms with Crippen molar-refractivity contribution in [2.75, 3.05) is 13.2 Å². The van der Waals surface area contributed by atoms with E-state index in [0.717, 1.165) is 31.7 Å². The molecule has 0 atom stereocenters. The molecule has 0 aromatic heterocycles. The van der Waals surface area contributed by atoms with Gasteiger partial charge in [-0.25, -0.2) is 0 Å². The van der Waals surface area contributed by atoms with E-state index < -0.39 is 0 Å². The van der Waals surface area contributed by atoms with E-state index in [1.54, 1.807) is 0 Å². The molecule has 0 spiro atoms. The van der Waals surface area contributed by atoms with Gasteiger partial charge in [0.25, 0.3) is 0 Å². The Morgan fingerprint density at radius 3 is 3.06 bits per heavy atom. The first-order chi connectivity index (χ1) is 8.61. The molecule has 0 bridgehead atoms. The van der Waals surface area contributed by atoms with Gasteiger partial charge >= 0.3 is 0 Å². The van der Waals surface area contributed by atoms with Gasteiger partial charge in [-0.3, -0.25) is 0 Å². The van der Waals surface area contributed by atoms with E-state index in [1.807, 2.05) is 13.8 Å². The Hall–Kier alpha value is -1.53. The Morgan fingerprint density at radius 2 is 2.28 bits per heavy atom. The van der Waals surface area contributed by atoms with Crippen LogP contribution in [0.5, 0.6) is 5.75 Å². The van der Waals surface area contributed by atoms with Crippen molar-refractivity contribution in [3.63, 3.8) is 0 Å². The third-order valence-corrected chi connectivity index (χ3v) is 3.17. The van der Waals surface area contributed by atoms with Crippen LogP contribution in [-0.2, 0) is 13.0 Å². The van der Waals surface area contributed by atoms with Crippen LogP contribution < -0.4 is 10.1 Å². The van der Waals surface area contributed by atoms with Crippen LogP contribution >= 0.6 is 0 Å². The molecule has 0 amide bonds. The molecule has 2 rings (SSSR count). The summed E-state index contributed by atoms with van der Waals surface area (Å²) in [5.74, 6) is 1.03. The fraction of sp³-hybridized carbons (Fsp3) is 0.533. The predicted octanol–water partition coefficient (Wildman–Crippen LogP) is 2.65. The van der Waals surface area contributed by atoms with Crippen molar-refractivity contribution in [1.82, 2.24) is 5.32 Å². The van der Waals surface area contributed by atoms with Crippen LogP contribution in [0.4, 0.5) is 0 Å². The van der Waals surface area contributed by atoms with E-state index in [2.05, 4.69) is 29.6 Å². The van der Waals surface area contributed by atoms with Crippen molar-refractivity contribution in [3.05, 3.63) is 29.3 Å². The third kappa shape index (κ3) is 3.24. The van der Waals surface area contributed by atoms with E-state index in [1.165, 1.54) is 11.1 Å². The minimum absolute atomic E-state index is 0.308. The summed E-state index contributed by atoms with van der Waals surface area (Å²) < 4.78 is 5.59. The second-order valence-corrected chi connectivity index (χ2v) is 5.49. The van der Waals surface area contributed by atoms with Gasteiger partial charge in [-0.1, -0.05) is 12.1 Å². The summed E-state index contributed by atoms with van der Waals surface area (Å²) in [5.41, 5.74) is 2.25. The molecule has 1 heterocycles. The monoisotopic (exact) mass is 244 g/mol. The van der Waals surface area contributed by atoms with Crippen molar-refractivity contribution in [1.29, 1.82) is 5.26 Å². The molecule has 0 saturated carbocycles. The molecule has 0 radical (unpaired) electrons. The Kier molecular flexibility index (Phi) is 3.88. The largest absolute Gasteiger partial charge is 0.493 e. The number of hydrogen-bond acceptors (Lipinski definition) is 3. The van der Waals surface area contributed by atoms with Crippen molar-refractivity contribution in [3.8, 4) is 11.8 Å². The van der Waals surface area contributed by atoms with Gasteiger partial charge in [0, 0.05) is 13.1 Å². The second kappa shape index (κ2) is 5.41. The van der Waals surface area contributed by atoms with Gasteiger partial charge < -0.3 is 10.1 Å². The van der Waals surface area contributed by atoms with Crippen LogP contribution in [0, 0.1) is 16.7 Å². The Balaban J connectivity index is 1.93. The molecule has 1 aromatic carbocycles. The van der Waals surface area contributed by atoms with Crippen molar-refractivity contribution in [2.45, 2.75) is 33.2 Å². The molecule has 18 heavy (non-hydrogen) atoms. The number of hydrogen-bond donors (Lipinski definition) is 1. The van der Waals surface area contributed by atoms with Gasteiger partial charge in [0.1, 0.15) is 5.75 Å². The summed E-state index contributed by atoms with van der Waals surface area (Å²) in [7, 11) is 0. The lowest BCUT2D eigenvalue weighted by Crippen LogP contribution is -2.27. The summed E-state index contributed by atoms with van der Waals surface area (Å²) in [4.78, 5) is 0. The van der Waals surface area contributed by atoms with Gasteiger partial charge in [-0.15, -0.1) is 0 Å². The SMILES string of the molecule is CC(C)(C#N)CNCc1ccc2c(c1)CCCO2. The van der Waals surface area contributed by atoms with E-state index >= 15 is 0 Å². The fourth-order valence-electron chi connectivity index (χ4n) is 2.08. The topological polar surface area (TPSA) is 45.0 Å². The summed E-state index contributed by atoms with van der Waals surface area (Å²) in [5, 5.41) is 12.3. The van der Waals surface area contributed by atoms with Gasteiger partial charge in [0.15, 0.2) is 0 Å². The Bertz CT molecular complexity index is 460. The van der Waals surface area contributed by atoms with Crippen LogP contribution in [0.3, 0.4) is 0 Å². The lowest BCUT2D eigenvalue weighted by atomic mass is 9.96. The number of nitriles is 1. The summed E-state index contributed by atoms with van der Waals surface area (Å²) >= 11 is 0. The molecule has 0 fully saturated rings. The molecule has 3 heteroatoms. The van der Waals surface area contributed by atoms with E-state index in [4.69, 9.17) is 10.00 Å². The maximum absolute atomic E-state index is 8.94.